The van der Waals surface area contributed by atoms with Crippen LogP contribution in [0.1, 0.15) is 0 Å². The normalized spacial score (nSPS) is 10.6. The van der Waals surface area contributed by atoms with Crippen molar-refractivity contribution in [3.8, 4) is 0 Å². The number of fused-ring (bicyclic) bond motifs is 1. The number of hydrogen-bond acceptors (Lipinski definition) is 3. The largest absolute Gasteiger partial charge is 0.398 e. The zero-order valence-corrected chi connectivity index (χ0v) is 7.71. The number of H-pyrrole nitrogens is 1. The molecule has 0 amide bonds. The van der Waals surface area contributed by atoms with Crippen LogP contribution in [-0.4, -0.2) is 9.30 Å². The molecular weight excluding hydrogens is 206 g/mol. The van der Waals surface area contributed by atoms with Crippen LogP contribution in [0.2, 0.25) is 0 Å². The average molecular weight is 212 g/mol. The van der Waals surface area contributed by atoms with E-state index in [1.807, 2.05) is 0 Å². The standard InChI is InChI=1S/C8H6ClN3O2/c9-12-8(14)6-4(7(13)11-12)2-1-3-5(6)10/h1-3H,10H2,(H,11,13). The first-order valence-electron chi connectivity index (χ1n) is 3.81. The molecule has 3 N–H and O–H groups in total. The van der Waals surface area contributed by atoms with Crippen molar-refractivity contribution < 1.29 is 0 Å². The van der Waals surface area contributed by atoms with Gasteiger partial charge in [0.05, 0.1) is 10.8 Å². The Labute approximate surface area is 82.8 Å². The van der Waals surface area contributed by atoms with Crippen molar-refractivity contribution in [1.29, 1.82) is 0 Å². The first-order chi connectivity index (χ1) is 6.61. The van der Waals surface area contributed by atoms with Gasteiger partial charge in [0.2, 0.25) is 0 Å². The van der Waals surface area contributed by atoms with Gasteiger partial charge in [-0.2, -0.15) is 4.20 Å². The van der Waals surface area contributed by atoms with Gasteiger partial charge in [-0.05, 0) is 12.1 Å². The molecular formula is C8H6ClN3O2. The van der Waals surface area contributed by atoms with Crippen LogP contribution in [-0.2, 0) is 0 Å². The van der Waals surface area contributed by atoms with Crippen LogP contribution in [0.25, 0.3) is 10.8 Å². The fourth-order valence-corrected chi connectivity index (χ4v) is 1.46. The Morgan fingerprint density at radius 3 is 2.79 bits per heavy atom. The highest BCUT2D eigenvalue weighted by Gasteiger charge is 2.07. The molecule has 0 aliphatic rings. The summed E-state index contributed by atoms with van der Waals surface area (Å²) in [6, 6.07) is 4.66. The second-order valence-electron chi connectivity index (χ2n) is 2.80. The Morgan fingerprint density at radius 1 is 1.36 bits per heavy atom. The molecule has 0 bridgehead atoms. The molecule has 72 valence electrons. The van der Waals surface area contributed by atoms with Gasteiger partial charge in [0.15, 0.2) is 0 Å². The lowest BCUT2D eigenvalue weighted by Crippen LogP contribution is -2.25. The monoisotopic (exact) mass is 211 g/mol. The molecule has 0 fully saturated rings. The molecule has 0 radical (unpaired) electrons. The molecule has 0 saturated heterocycles. The van der Waals surface area contributed by atoms with E-state index >= 15 is 0 Å². The van der Waals surface area contributed by atoms with Crippen molar-refractivity contribution in [2.75, 3.05) is 5.73 Å². The maximum atomic E-state index is 11.5. The van der Waals surface area contributed by atoms with Crippen LogP contribution in [0.15, 0.2) is 27.8 Å². The predicted molar refractivity (Wildman–Crippen MR) is 54.5 cm³/mol. The van der Waals surface area contributed by atoms with Crippen LogP contribution in [0, 0.1) is 0 Å². The van der Waals surface area contributed by atoms with E-state index in [1.165, 1.54) is 6.07 Å². The molecule has 2 aromatic rings. The van der Waals surface area contributed by atoms with Crippen molar-refractivity contribution in [3.05, 3.63) is 38.9 Å². The molecule has 0 aliphatic carbocycles. The van der Waals surface area contributed by atoms with Gasteiger partial charge in [0.1, 0.15) is 0 Å². The van der Waals surface area contributed by atoms with Crippen molar-refractivity contribution >= 4 is 28.2 Å². The molecule has 0 spiro atoms. The SMILES string of the molecule is Nc1cccc2c(=O)[nH]n(Cl)c(=O)c12. The second kappa shape index (κ2) is 2.88. The molecule has 14 heavy (non-hydrogen) atoms. The quantitative estimate of drug-likeness (QED) is 0.614. The molecule has 2 rings (SSSR count). The van der Waals surface area contributed by atoms with Crippen LogP contribution in [0.4, 0.5) is 5.69 Å². The molecule has 0 unspecified atom stereocenters. The fourth-order valence-electron chi connectivity index (χ4n) is 1.30. The van der Waals surface area contributed by atoms with Gasteiger partial charge in [-0.1, -0.05) is 6.07 Å². The van der Waals surface area contributed by atoms with Gasteiger partial charge >= 0.3 is 0 Å². The minimum atomic E-state index is -0.528. The summed E-state index contributed by atoms with van der Waals surface area (Å²) >= 11 is 5.46. The first-order valence-corrected chi connectivity index (χ1v) is 4.15. The summed E-state index contributed by atoms with van der Waals surface area (Å²) in [5.41, 5.74) is 4.84. The van der Waals surface area contributed by atoms with E-state index in [4.69, 9.17) is 17.5 Å². The number of nitrogens with two attached hydrogens (primary N) is 1. The van der Waals surface area contributed by atoms with Crippen LogP contribution in [0.3, 0.4) is 0 Å². The van der Waals surface area contributed by atoms with E-state index < -0.39 is 11.1 Å². The summed E-state index contributed by atoms with van der Waals surface area (Å²) in [7, 11) is 0. The minimum absolute atomic E-state index is 0.145. The molecule has 0 saturated carbocycles. The van der Waals surface area contributed by atoms with E-state index in [2.05, 4.69) is 5.10 Å². The number of nitrogen functional groups attached to an aromatic ring is 1. The van der Waals surface area contributed by atoms with E-state index in [9.17, 15) is 9.59 Å². The number of nitrogens with zero attached hydrogens (tertiary/aromatic N) is 1. The smallest absolute Gasteiger partial charge is 0.290 e. The second-order valence-corrected chi connectivity index (χ2v) is 3.13. The average Bonchev–Trinajstić information content (AvgIpc) is 2.14. The van der Waals surface area contributed by atoms with Gasteiger partial charge in [0.25, 0.3) is 11.1 Å². The number of hydrogen-bond donors (Lipinski definition) is 2. The van der Waals surface area contributed by atoms with Crippen molar-refractivity contribution in [2.24, 2.45) is 0 Å². The summed E-state index contributed by atoms with van der Waals surface area (Å²) in [5.74, 6) is 0. The fraction of sp³-hybridized carbons (Fsp3) is 0. The van der Waals surface area contributed by atoms with E-state index in [0.29, 0.717) is 4.20 Å². The van der Waals surface area contributed by atoms with Crippen molar-refractivity contribution in [2.45, 2.75) is 0 Å². The lowest BCUT2D eigenvalue weighted by atomic mass is 10.2. The van der Waals surface area contributed by atoms with Gasteiger partial charge < -0.3 is 5.73 Å². The number of rotatable bonds is 0. The number of halogens is 1. The molecule has 6 heteroatoms. The molecule has 1 aromatic heterocycles. The molecule has 0 atom stereocenters. The highest BCUT2D eigenvalue weighted by atomic mass is 35.5. The lowest BCUT2D eigenvalue weighted by Gasteiger charge is -2.00. The first kappa shape index (κ1) is 8.83. The van der Waals surface area contributed by atoms with Gasteiger partial charge in [0, 0.05) is 17.5 Å². The van der Waals surface area contributed by atoms with Gasteiger partial charge in [-0.25, -0.2) is 5.10 Å². The van der Waals surface area contributed by atoms with Crippen molar-refractivity contribution in [3.63, 3.8) is 0 Å². The van der Waals surface area contributed by atoms with Crippen LogP contribution >= 0.6 is 11.8 Å². The summed E-state index contributed by atoms with van der Waals surface area (Å²) in [6.45, 7) is 0. The van der Waals surface area contributed by atoms with E-state index in [0.717, 1.165) is 0 Å². The third kappa shape index (κ3) is 1.10. The molecule has 1 heterocycles. The van der Waals surface area contributed by atoms with Gasteiger partial charge in [-0.3, -0.25) is 9.59 Å². The number of aromatic nitrogens is 2. The number of nitrogens with one attached hydrogen (secondary N) is 1. The van der Waals surface area contributed by atoms with Crippen molar-refractivity contribution in [1.82, 2.24) is 9.30 Å². The van der Waals surface area contributed by atoms with E-state index in [1.54, 1.807) is 12.1 Å². The Kier molecular flexibility index (Phi) is 1.82. The highest BCUT2D eigenvalue weighted by Crippen LogP contribution is 2.12. The maximum Gasteiger partial charge on any atom is 0.290 e. The number of benzene rings is 1. The van der Waals surface area contributed by atoms with Gasteiger partial charge in [-0.15, -0.1) is 0 Å². The predicted octanol–water partition coefficient (Wildman–Crippen LogP) is 0.274. The Bertz CT molecular complexity index is 614. The summed E-state index contributed by atoms with van der Waals surface area (Å²) < 4.78 is 0.598. The van der Waals surface area contributed by atoms with Crippen LogP contribution < -0.4 is 16.9 Å². The summed E-state index contributed by atoms with van der Waals surface area (Å²) in [4.78, 5) is 22.8. The van der Waals surface area contributed by atoms with E-state index in [-0.39, 0.29) is 16.5 Å². The summed E-state index contributed by atoms with van der Waals surface area (Å²) in [6.07, 6.45) is 0. The Hall–Kier alpha value is -1.75. The van der Waals surface area contributed by atoms with Crippen LogP contribution in [0.5, 0.6) is 0 Å². The molecule has 1 aromatic carbocycles. The highest BCUT2D eigenvalue weighted by molar-refractivity contribution is 6.15. The third-order valence-corrected chi connectivity index (χ3v) is 2.17. The maximum absolute atomic E-state index is 11.5. The zero-order valence-electron chi connectivity index (χ0n) is 6.95. The Balaban J connectivity index is 3.20. The topological polar surface area (TPSA) is 80.9 Å². The minimum Gasteiger partial charge on any atom is -0.398 e. The zero-order chi connectivity index (χ0) is 10.3. The number of anilines is 1. The Morgan fingerprint density at radius 2 is 2.07 bits per heavy atom. The lowest BCUT2D eigenvalue weighted by molar-refractivity contribution is 0.895. The third-order valence-electron chi connectivity index (χ3n) is 1.93. The number of aromatic amines is 1. The molecule has 5 nitrogen and oxygen atoms in total. The summed E-state index contributed by atoms with van der Waals surface area (Å²) in [5, 5.41) is 2.55. The molecule has 0 aliphatic heterocycles.